The second kappa shape index (κ2) is 9.52. The molecule has 0 radical (unpaired) electrons. The predicted molar refractivity (Wildman–Crippen MR) is 140 cm³/mol. The highest BCUT2D eigenvalue weighted by molar-refractivity contribution is 7.98. The number of esters is 1. The van der Waals surface area contributed by atoms with E-state index in [-0.39, 0.29) is 16.9 Å². The van der Waals surface area contributed by atoms with Crippen LogP contribution in [0.1, 0.15) is 93.3 Å². The van der Waals surface area contributed by atoms with Gasteiger partial charge < -0.3 is 9.64 Å². The number of aromatic nitrogens is 2. The lowest BCUT2D eigenvalue weighted by molar-refractivity contribution is 0.0523. The highest BCUT2D eigenvalue weighted by atomic mass is 32.2. The normalized spacial score (nSPS) is 26.1. The molecule has 0 saturated heterocycles. The van der Waals surface area contributed by atoms with E-state index in [9.17, 15) is 4.79 Å². The van der Waals surface area contributed by atoms with E-state index >= 15 is 0 Å². The van der Waals surface area contributed by atoms with Crippen molar-refractivity contribution in [3.05, 3.63) is 46.6 Å². The van der Waals surface area contributed by atoms with Crippen molar-refractivity contribution in [1.29, 1.82) is 0 Å². The summed E-state index contributed by atoms with van der Waals surface area (Å²) in [5.74, 6) is 1.34. The fourth-order valence-electron chi connectivity index (χ4n) is 6.54. The third-order valence-corrected chi connectivity index (χ3v) is 9.08. The number of carbonyl (C=O) groups excluding carboxylic acids is 1. The van der Waals surface area contributed by atoms with Crippen molar-refractivity contribution in [1.82, 2.24) is 9.97 Å². The maximum Gasteiger partial charge on any atom is 0.343 e. The van der Waals surface area contributed by atoms with Crippen molar-refractivity contribution in [2.24, 2.45) is 5.92 Å². The van der Waals surface area contributed by atoms with Crippen LogP contribution in [0.25, 0.3) is 0 Å². The minimum atomic E-state index is -0.352. The lowest BCUT2D eigenvalue weighted by atomic mass is 9.52. The Kier molecular flexibility index (Phi) is 7.01. The summed E-state index contributed by atoms with van der Waals surface area (Å²) < 4.78 is 5.36. The smallest absolute Gasteiger partial charge is 0.343 e. The van der Waals surface area contributed by atoms with Crippen LogP contribution in [0, 0.1) is 5.92 Å². The van der Waals surface area contributed by atoms with Crippen molar-refractivity contribution in [3.8, 4) is 0 Å². The fourth-order valence-corrected chi connectivity index (χ4v) is 6.88. The number of anilines is 1. The molecule has 5 nitrogen and oxygen atoms in total. The van der Waals surface area contributed by atoms with Crippen LogP contribution in [0.4, 0.5) is 5.82 Å². The Morgan fingerprint density at radius 3 is 2.74 bits per heavy atom. The minimum absolute atomic E-state index is 0.101. The molecule has 3 atom stereocenters. The molecule has 1 saturated carbocycles. The van der Waals surface area contributed by atoms with Crippen molar-refractivity contribution in [3.63, 3.8) is 0 Å². The zero-order chi connectivity index (χ0) is 24.7. The standard InChI is InChI=1S/C28H39N3O2S/c1-8-33-25(32)21-17-29-26(34-7)30-24(21)31(6)28(5)15-9-14-27(4)22-12-10-19(18(2)3)16-20(22)11-13-23(27)28/h10,12,16-18,23H,8-9,11,13-15H2,1-7H3/t23-,27-,28-/m1/s1. The topological polar surface area (TPSA) is 55.3 Å². The molecule has 4 rings (SSSR count). The molecule has 1 aromatic heterocycles. The fraction of sp³-hybridized carbons (Fsp3) is 0.607. The molecule has 184 valence electrons. The Hall–Kier alpha value is -2.08. The van der Waals surface area contributed by atoms with Crippen LogP contribution in [0.15, 0.2) is 29.6 Å². The van der Waals surface area contributed by atoms with Gasteiger partial charge >= 0.3 is 5.97 Å². The van der Waals surface area contributed by atoms with E-state index in [2.05, 4.69) is 62.8 Å². The van der Waals surface area contributed by atoms with Gasteiger partial charge in [0.15, 0.2) is 5.16 Å². The summed E-state index contributed by atoms with van der Waals surface area (Å²) in [6, 6.07) is 7.19. The van der Waals surface area contributed by atoms with E-state index in [0.717, 1.165) is 25.7 Å². The highest BCUT2D eigenvalue weighted by Gasteiger charge is 2.54. The van der Waals surface area contributed by atoms with E-state index < -0.39 is 0 Å². The number of hydrogen-bond acceptors (Lipinski definition) is 6. The molecule has 0 aliphatic heterocycles. The lowest BCUT2D eigenvalue weighted by Gasteiger charge is -2.58. The van der Waals surface area contributed by atoms with Gasteiger partial charge in [0, 0.05) is 18.8 Å². The first-order valence-electron chi connectivity index (χ1n) is 12.6. The van der Waals surface area contributed by atoms with Crippen LogP contribution in [-0.2, 0) is 16.6 Å². The third kappa shape index (κ3) is 4.12. The van der Waals surface area contributed by atoms with Crippen LogP contribution in [0.3, 0.4) is 0 Å². The summed E-state index contributed by atoms with van der Waals surface area (Å²) in [6.07, 6.45) is 9.26. The van der Waals surface area contributed by atoms with Gasteiger partial charge in [-0.15, -0.1) is 0 Å². The Morgan fingerprint density at radius 2 is 2.06 bits per heavy atom. The molecule has 34 heavy (non-hydrogen) atoms. The second-order valence-electron chi connectivity index (χ2n) is 10.7. The van der Waals surface area contributed by atoms with Gasteiger partial charge in [0.1, 0.15) is 11.4 Å². The number of aryl methyl sites for hydroxylation is 1. The average molecular weight is 482 g/mol. The van der Waals surface area contributed by atoms with Gasteiger partial charge in [0.05, 0.1) is 6.61 Å². The predicted octanol–water partition coefficient (Wildman–Crippen LogP) is 6.40. The molecule has 1 heterocycles. The number of carbonyl (C=O) groups is 1. The quantitative estimate of drug-likeness (QED) is 0.270. The zero-order valence-electron chi connectivity index (χ0n) is 21.8. The SMILES string of the molecule is CCOC(=O)c1cnc(SC)nc1N(C)[C@]1(C)CCC[C@]2(C)c3ccc(C(C)C)cc3CC[C@H]21. The van der Waals surface area contributed by atoms with E-state index in [1.165, 1.54) is 34.9 Å². The summed E-state index contributed by atoms with van der Waals surface area (Å²) in [5, 5.41) is 0.673. The monoisotopic (exact) mass is 481 g/mol. The summed E-state index contributed by atoms with van der Waals surface area (Å²) in [6.45, 7) is 11.5. The molecule has 2 aliphatic rings. The number of benzene rings is 1. The summed E-state index contributed by atoms with van der Waals surface area (Å²) in [5.41, 5.74) is 4.90. The molecule has 0 amide bonds. The van der Waals surface area contributed by atoms with E-state index in [4.69, 9.17) is 9.72 Å². The number of ether oxygens (including phenoxy) is 1. The summed E-state index contributed by atoms with van der Waals surface area (Å²) >= 11 is 1.50. The summed E-state index contributed by atoms with van der Waals surface area (Å²) in [7, 11) is 2.11. The van der Waals surface area contributed by atoms with Gasteiger partial charge in [-0.25, -0.2) is 14.8 Å². The number of nitrogens with zero attached hydrogens (tertiary/aromatic N) is 3. The van der Waals surface area contributed by atoms with Crippen molar-refractivity contribution in [2.75, 3.05) is 24.8 Å². The molecule has 0 unspecified atom stereocenters. The van der Waals surface area contributed by atoms with E-state index in [1.54, 1.807) is 6.20 Å². The van der Waals surface area contributed by atoms with Gasteiger partial charge in [0.2, 0.25) is 0 Å². The first kappa shape index (κ1) is 25.0. The van der Waals surface area contributed by atoms with Crippen molar-refractivity contribution < 1.29 is 9.53 Å². The molecular weight excluding hydrogens is 442 g/mol. The molecule has 0 spiro atoms. The molecule has 1 fully saturated rings. The van der Waals surface area contributed by atoms with Gasteiger partial charge in [-0.1, -0.05) is 57.2 Å². The minimum Gasteiger partial charge on any atom is -0.462 e. The first-order chi connectivity index (χ1) is 16.2. The van der Waals surface area contributed by atoms with E-state index in [0.29, 0.717) is 35.0 Å². The number of fused-ring (bicyclic) bond motifs is 3. The third-order valence-electron chi connectivity index (χ3n) is 8.52. The molecular formula is C28H39N3O2S. The average Bonchev–Trinajstić information content (AvgIpc) is 2.82. The molecule has 2 aliphatic carbocycles. The first-order valence-corrected chi connectivity index (χ1v) is 13.8. The van der Waals surface area contributed by atoms with Gasteiger partial charge in [-0.2, -0.15) is 0 Å². The highest BCUT2D eigenvalue weighted by Crippen LogP contribution is 2.56. The Morgan fingerprint density at radius 1 is 1.29 bits per heavy atom. The Bertz CT molecular complexity index is 1070. The maximum atomic E-state index is 12.8. The molecule has 1 aromatic carbocycles. The lowest BCUT2D eigenvalue weighted by Crippen LogP contribution is -2.60. The summed E-state index contributed by atoms with van der Waals surface area (Å²) in [4.78, 5) is 24.3. The molecule has 2 aromatic rings. The Balaban J connectivity index is 1.77. The second-order valence-corrected chi connectivity index (χ2v) is 11.4. The molecule has 0 bridgehead atoms. The molecule has 0 N–H and O–H groups in total. The van der Waals surface area contributed by atoms with Crippen molar-refractivity contribution >= 4 is 23.5 Å². The Labute approximate surface area is 209 Å². The van der Waals surface area contributed by atoms with Crippen LogP contribution >= 0.6 is 11.8 Å². The van der Waals surface area contributed by atoms with Crippen molar-refractivity contribution in [2.45, 2.75) is 88.8 Å². The van der Waals surface area contributed by atoms with Crippen LogP contribution < -0.4 is 4.90 Å². The zero-order valence-corrected chi connectivity index (χ0v) is 22.6. The van der Waals surface area contributed by atoms with Gasteiger partial charge in [-0.3, -0.25) is 0 Å². The van der Waals surface area contributed by atoms with Crippen LogP contribution in [-0.4, -0.2) is 41.4 Å². The van der Waals surface area contributed by atoms with Crippen LogP contribution in [0.5, 0.6) is 0 Å². The van der Waals surface area contributed by atoms with Gasteiger partial charge in [0.25, 0.3) is 0 Å². The number of thioether (sulfide) groups is 1. The maximum absolute atomic E-state index is 12.8. The number of rotatable bonds is 6. The number of hydrogen-bond donors (Lipinski definition) is 0. The van der Waals surface area contributed by atoms with E-state index in [1.807, 2.05) is 13.2 Å². The molecule has 6 heteroatoms. The van der Waals surface area contributed by atoms with Crippen LogP contribution in [0.2, 0.25) is 0 Å². The largest absolute Gasteiger partial charge is 0.462 e. The van der Waals surface area contributed by atoms with Gasteiger partial charge in [-0.05, 0) is 79.7 Å².